The number of rotatable bonds is 22. The molecule has 0 fully saturated rings. The summed E-state index contributed by atoms with van der Waals surface area (Å²) in [6.45, 7) is 23.5. The zero-order valence-corrected chi connectivity index (χ0v) is 32.1. The molecule has 38 heavy (non-hydrogen) atoms. The maximum Gasteiger partial charge on any atom is 0.198 e. The Balaban J connectivity index is -0.000000289. The molecule has 0 atom stereocenters. The lowest BCUT2D eigenvalue weighted by Crippen LogP contribution is -3.00. The standard InChI is InChI=1S/2C13H30NO2S2.2BrH/c2*1-5-14(6-2,7-3)12-10-8-9-11-13-17-18(4,15)16;;/h2*5-13H2,1-4H3;2*1H/q2*+1;;/p-2. The van der Waals surface area contributed by atoms with Crippen LogP contribution in [0, 0.1) is 0 Å². The highest BCUT2D eigenvalue weighted by atomic mass is 79.9. The highest BCUT2D eigenvalue weighted by molar-refractivity contribution is 8.72. The lowest BCUT2D eigenvalue weighted by molar-refractivity contribution is -0.923. The van der Waals surface area contributed by atoms with Crippen molar-refractivity contribution >= 4 is 39.3 Å². The molecule has 0 aromatic rings. The fourth-order valence-electron chi connectivity index (χ4n) is 4.52. The van der Waals surface area contributed by atoms with Gasteiger partial charge in [0.05, 0.1) is 52.4 Å². The van der Waals surface area contributed by atoms with Crippen molar-refractivity contribution in [3.05, 3.63) is 0 Å². The minimum Gasteiger partial charge on any atom is -1.00 e. The summed E-state index contributed by atoms with van der Waals surface area (Å²) in [6, 6.07) is 0. The molecule has 0 spiro atoms. The molecule has 0 heterocycles. The highest BCUT2D eigenvalue weighted by Crippen LogP contribution is 2.16. The van der Waals surface area contributed by atoms with E-state index in [1.54, 1.807) is 0 Å². The average molecular weight is 753 g/mol. The summed E-state index contributed by atoms with van der Waals surface area (Å²) in [5, 5.41) is 0. The molecule has 0 saturated heterocycles. The van der Waals surface area contributed by atoms with Gasteiger partial charge in [0, 0.05) is 24.0 Å². The minimum atomic E-state index is -2.84. The van der Waals surface area contributed by atoms with Crippen LogP contribution in [0.3, 0.4) is 0 Å². The molecule has 236 valence electrons. The lowest BCUT2D eigenvalue weighted by atomic mass is 10.2. The molecule has 0 aromatic heterocycles. The van der Waals surface area contributed by atoms with Crippen molar-refractivity contribution in [2.24, 2.45) is 0 Å². The van der Waals surface area contributed by atoms with Crippen LogP contribution < -0.4 is 34.0 Å². The van der Waals surface area contributed by atoms with Crippen LogP contribution in [-0.4, -0.2) is 102 Å². The number of hydrogen-bond donors (Lipinski definition) is 0. The first-order chi connectivity index (χ1) is 16.8. The quantitative estimate of drug-likeness (QED) is 0.0899. The van der Waals surface area contributed by atoms with Gasteiger partial charge in [-0.15, -0.1) is 0 Å². The summed E-state index contributed by atoms with van der Waals surface area (Å²) in [4.78, 5) is 0. The number of unbranched alkanes of at least 4 members (excludes halogenated alkanes) is 6. The van der Waals surface area contributed by atoms with E-state index in [1.807, 2.05) is 0 Å². The van der Waals surface area contributed by atoms with E-state index in [4.69, 9.17) is 0 Å². The molecular weight excluding hydrogens is 692 g/mol. The van der Waals surface area contributed by atoms with Gasteiger partial charge in [-0.25, -0.2) is 16.8 Å². The topological polar surface area (TPSA) is 68.3 Å². The van der Waals surface area contributed by atoms with Gasteiger partial charge in [0.1, 0.15) is 0 Å². The third-order valence-electron chi connectivity index (χ3n) is 7.67. The van der Waals surface area contributed by atoms with Gasteiger partial charge in [-0.3, -0.25) is 0 Å². The third kappa shape index (κ3) is 26.4. The van der Waals surface area contributed by atoms with Crippen LogP contribution in [-0.2, 0) is 17.7 Å². The Hall–Kier alpha value is 1.48. The monoisotopic (exact) mass is 750 g/mol. The Morgan fingerprint density at radius 2 is 0.684 bits per heavy atom. The van der Waals surface area contributed by atoms with Gasteiger partial charge in [-0.2, -0.15) is 0 Å². The minimum absolute atomic E-state index is 0. The van der Waals surface area contributed by atoms with E-state index in [-0.39, 0.29) is 34.0 Å². The fourth-order valence-corrected chi connectivity index (χ4v) is 8.29. The number of nitrogens with zero attached hydrogens (tertiary/aromatic N) is 2. The van der Waals surface area contributed by atoms with Gasteiger partial charge in [-0.1, -0.05) is 12.8 Å². The SMILES string of the molecule is CC[N+](CC)(CC)CCCCCCSS(C)(=O)=O.CC[N+](CC)(CC)CCCCCCSS(C)(=O)=O.[Br-].[Br-]. The van der Waals surface area contributed by atoms with E-state index < -0.39 is 17.7 Å². The van der Waals surface area contributed by atoms with E-state index in [2.05, 4.69) is 41.5 Å². The van der Waals surface area contributed by atoms with Crippen molar-refractivity contribution in [3.63, 3.8) is 0 Å². The summed E-state index contributed by atoms with van der Waals surface area (Å²) in [5.74, 6) is 1.49. The van der Waals surface area contributed by atoms with Crippen LogP contribution in [0.15, 0.2) is 0 Å². The molecule has 0 rings (SSSR count). The second-order valence-corrected chi connectivity index (χ2v) is 19.1. The molecule has 0 aliphatic rings. The van der Waals surface area contributed by atoms with E-state index >= 15 is 0 Å². The number of quaternary nitrogens is 2. The largest absolute Gasteiger partial charge is 1.00 e. The summed E-state index contributed by atoms with van der Waals surface area (Å²) in [5.41, 5.74) is 0. The normalized spacial score (nSPS) is 12.2. The Kier molecular flexibility index (Phi) is 31.9. The second-order valence-electron chi connectivity index (χ2n) is 9.91. The van der Waals surface area contributed by atoms with Gasteiger partial charge in [0.2, 0.25) is 0 Å². The average Bonchev–Trinajstić information content (AvgIpc) is 2.83. The summed E-state index contributed by atoms with van der Waals surface area (Å²) >= 11 is 0. The van der Waals surface area contributed by atoms with Crippen LogP contribution in [0.5, 0.6) is 0 Å². The fraction of sp³-hybridized carbons (Fsp3) is 1.00. The lowest BCUT2D eigenvalue weighted by Gasteiger charge is -2.35. The van der Waals surface area contributed by atoms with Crippen molar-refractivity contribution in [2.45, 2.75) is 92.9 Å². The van der Waals surface area contributed by atoms with Crippen LogP contribution in [0.4, 0.5) is 0 Å². The second kappa shape index (κ2) is 26.1. The summed E-state index contributed by atoms with van der Waals surface area (Å²) in [7, 11) is -3.52. The Morgan fingerprint density at radius 1 is 0.447 bits per heavy atom. The number of hydrogen-bond acceptors (Lipinski definition) is 6. The zero-order valence-electron chi connectivity index (χ0n) is 25.6. The summed E-state index contributed by atoms with van der Waals surface area (Å²) < 4.78 is 46.2. The molecule has 0 amide bonds. The van der Waals surface area contributed by atoms with E-state index in [0.29, 0.717) is 0 Å². The molecule has 0 saturated carbocycles. The molecule has 0 N–H and O–H groups in total. The first-order valence-corrected chi connectivity index (χ1v) is 21.0. The van der Waals surface area contributed by atoms with Gasteiger partial charge < -0.3 is 42.9 Å². The third-order valence-corrected chi connectivity index (χ3v) is 13.0. The smallest absolute Gasteiger partial charge is 0.198 e. The first-order valence-electron chi connectivity index (χ1n) is 14.2. The molecule has 0 aliphatic heterocycles. The van der Waals surface area contributed by atoms with Crippen LogP contribution in [0.2, 0.25) is 0 Å². The Morgan fingerprint density at radius 3 is 0.895 bits per heavy atom. The number of halogens is 2. The van der Waals surface area contributed by atoms with Crippen molar-refractivity contribution in [2.75, 3.05) is 76.4 Å². The maximum atomic E-state index is 10.9. The van der Waals surface area contributed by atoms with E-state index in [1.165, 1.54) is 99.5 Å². The van der Waals surface area contributed by atoms with Crippen LogP contribution >= 0.6 is 21.6 Å². The van der Waals surface area contributed by atoms with Crippen LogP contribution in [0.25, 0.3) is 0 Å². The Labute approximate surface area is 266 Å². The molecule has 0 unspecified atom stereocenters. The molecular formula is C26H60Br2N2O4S4. The van der Waals surface area contributed by atoms with Crippen LogP contribution in [0.1, 0.15) is 92.9 Å². The van der Waals surface area contributed by atoms with Crippen molar-refractivity contribution < 1.29 is 59.8 Å². The van der Waals surface area contributed by atoms with Gasteiger partial charge in [0.25, 0.3) is 0 Å². The molecule has 12 heteroatoms. The van der Waals surface area contributed by atoms with E-state index in [0.717, 1.165) is 58.8 Å². The van der Waals surface area contributed by atoms with E-state index in [9.17, 15) is 16.8 Å². The van der Waals surface area contributed by atoms with Gasteiger partial charge in [-0.05, 0) is 102 Å². The predicted molar refractivity (Wildman–Crippen MR) is 165 cm³/mol. The molecule has 0 aromatic carbocycles. The van der Waals surface area contributed by atoms with Crippen molar-refractivity contribution in [1.82, 2.24) is 0 Å². The summed E-state index contributed by atoms with van der Waals surface area (Å²) in [6.07, 6.45) is 11.9. The zero-order chi connectivity index (χ0) is 28.1. The van der Waals surface area contributed by atoms with Gasteiger partial charge >= 0.3 is 0 Å². The maximum absolute atomic E-state index is 10.9. The Bertz CT molecular complexity index is 653. The highest BCUT2D eigenvalue weighted by Gasteiger charge is 2.20. The van der Waals surface area contributed by atoms with Crippen molar-refractivity contribution in [1.29, 1.82) is 0 Å². The first kappa shape index (κ1) is 46.4. The predicted octanol–water partition coefficient (Wildman–Crippen LogP) is 0.240. The van der Waals surface area contributed by atoms with Gasteiger partial charge in [0.15, 0.2) is 17.7 Å². The molecule has 0 radical (unpaired) electrons. The molecule has 6 nitrogen and oxygen atoms in total. The molecule has 0 aliphatic carbocycles. The molecule has 0 bridgehead atoms. The van der Waals surface area contributed by atoms with Crippen molar-refractivity contribution in [3.8, 4) is 0 Å².